The van der Waals surface area contributed by atoms with E-state index in [1.165, 1.54) is 0 Å². The fourth-order valence-electron chi connectivity index (χ4n) is 3.75. The molecular formula is C20H21N5O2S. The van der Waals surface area contributed by atoms with Gasteiger partial charge in [-0.3, -0.25) is 4.79 Å². The Morgan fingerprint density at radius 3 is 2.93 bits per heavy atom. The van der Waals surface area contributed by atoms with Gasteiger partial charge in [-0.05, 0) is 29.6 Å². The van der Waals surface area contributed by atoms with E-state index in [0.29, 0.717) is 19.7 Å². The van der Waals surface area contributed by atoms with Crippen molar-refractivity contribution < 1.29 is 9.53 Å². The number of aromatic nitrogens is 2. The molecule has 2 aromatic heterocycles. The van der Waals surface area contributed by atoms with Crippen molar-refractivity contribution in [1.82, 2.24) is 20.2 Å². The summed E-state index contributed by atoms with van der Waals surface area (Å²) in [6, 6.07) is 7.77. The van der Waals surface area contributed by atoms with Crippen molar-refractivity contribution in [3.8, 4) is 5.75 Å². The molecule has 5 rings (SSSR count). The minimum Gasteiger partial charge on any atom is -0.492 e. The number of carbonyl (C=O) groups excluding carboxylic acids is 1. The maximum absolute atomic E-state index is 13.0. The predicted molar refractivity (Wildman–Crippen MR) is 109 cm³/mol. The van der Waals surface area contributed by atoms with E-state index < -0.39 is 0 Å². The number of ether oxygens (including phenoxy) is 1. The average Bonchev–Trinajstić information content (AvgIpc) is 3.11. The minimum absolute atomic E-state index is 0.0793. The van der Waals surface area contributed by atoms with E-state index in [1.807, 2.05) is 34.5 Å². The molecule has 7 nitrogen and oxygen atoms in total. The van der Waals surface area contributed by atoms with Crippen molar-refractivity contribution in [2.75, 3.05) is 44.2 Å². The van der Waals surface area contributed by atoms with Crippen LogP contribution in [0.25, 0.3) is 10.2 Å². The number of rotatable bonds is 2. The Kier molecular flexibility index (Phi) is 4.58. The van der Waals surface area contributed by atoms with Crippen molar-refractivity contribution in [1.29, 1.82) is 0 Å². The zero-order chi connectivity index (χ0) is 18.9. The van der Waals surface area contributed by atoms with Gasteiger partial charge in [-0.1, -0.05) is 0 Å². The number of hydrogen-bond acceptors (Lipinski definition) is 7. The number of nitrogens with one attached hydrogen (secondary N) is 1. The molecule has 0 unspecified atom stereocenters. The lowest BCUT2D eigenvalue weighted by molar-refractivity contribution is 0.0746. The molecule has 0 radical (unpaired) electrons. The highest BCUT2D eigenvalue weighted by molar-refractivity contribution is 7.17. The molecule has 3 aromatic rings. The van der Waals surface area contributed by atoms with Crippen molar-refractivity contribution >= 4 is 33.3 Å². The first-order valence-corrected chi connectivity index (χ1v) is 10.4. The maximum Gasteiger partial charge on any atom is 0.253 e. The SMILES string of the molecule is O=C(c1ccc2c(c1)CNCCO2)N1CCN(c2ncnc3ccsc23)CC1. The van der Waals surface area contributed by atoms with Crippen molar-refractivity contribution in [2.24, 2.45) is 0 Å². The number of benzene rings is 1. The molecule has 1 N–H and O–H groups in total. The molecule has 4 heterocycles. The Labute approximate surface area is 167 Å². The van der Waals surface area contributed by atoms with Crippen LogP contribution in [0.15, 0.2) is 36.0 Å². The standard InChI is InChI=1S/C20H21N5O2S/c26-20(14-1-2-17-15(11-14)12-21-4-9-27-17)25-7-5-24(6-8-25)19-18-16(3-10-28-18)22-13-23-19/h1-3,10-11,13,21H,4-9,12H2. The second-order valence-corrected chi connectivity index (χ2v) is 7.88. The molecule has 1 fully saturated rings. The van der Waals surface area contributed by atoms with E-state index in [-0.39, 0.29) is 5.91 Å². The smallest absolute Gasteiger partial charge is 0.253 e. The molecule has 1 saturated heterocycles. The molecular weight excluding hydrogens is 374 g/mol. The third kappa shape index (κ3) is 3.18. The van der Waals surface area contributed by atoms with Crippen LogP contribution in [0, 0.1) is 0 Å². The molecule has 0 bridgehead atoms. The van der Waals surface area contributed by atoms with Crippen LogP contribution in [-0.2, 0) is 6.54 Å². The van der Waals surface area contributed by atoms with Crippen LogP contribution in [0.3, 0.4) is 0 Å². The fourth-order valence-corrected chi connectivity index (χ4v) is 4.61. The molecule has 0 spiro atoms. The van der Waals surface area contributed by atoms with Crippen molar-refractivity contribution in [3.63, 3.8) is 0 Å². The summed E-state index contributed by atoms with van der Waals surface area (Å²) in [6.07, 6.45) is 1.62. The lowest BCUT2D eigenvalue weighted by Gasteiger charge is -2.35. The molecule has 28 heavy (non-hydrogen) atoms. The van der Waals surface area contributed by atoms with Gasteiger partial charge >= 0.3 is 0 Å². The molecule has 0 atom stereocenters. The predicted octanol–water partition coefficient (Wildman–Crippen LogP) is 2.14. The number of anilines is 1. The zero-order valence-electron chi connectivity index (χ0n) is 15.4. The summed E-state index contributed by atoms with van der Waals surface area (Å²) in [5.41, 5.74) is 2.75. The first-order valence-electron chi connectivity index (χ1n) is 9.48. The van der Waals surface area contributed by atoms with Crippen molar-refractivity contribution in [3.05, 3.63) is 47.1 Å². The highest BCUT2D eigenvalue weighted by atomic mass is 32.1. The van der Waals surface area contributed by atoms with E-state index in [1.54, 1.807) is 17.7 Å². The van der Waals surface area contributed by atoms with Gasteiger partial charge in [0.15, 0.2) is 0 Å². The van der Waals surface area contributed by atoms with E-state index in [4.69, 9.17) is 4.74 Å². The Balaban J connectivity index is 1.30. The van der Waals surface area contributed by atoms with Crippen LogP contribution in [0.4, 0.5) is 5.82 Å². The van der Waals surface area contributed by atoms with Gasteiger partial charge in [0.05, 0.1) is 10.2 Å². The normalized spacial score (nSPS) is 17.1. The van der Waals surface area contributed by atoms with Crippen LogP contribution in [0.2, 0.25) is 0 Å². The molecule has 1 aromatic carbocycles. The highest BCUT2D eigenvalue weighted by Gasteiger charge is 2.25. The van der Waals surface area contributed by atoms with Crippen molar-refractivity contribution in [2.45, 2.75) is 6.54 Å². The largest absolute Gasteiger partial charge is 0.492 e. The molecule has 2 aliphatic heterocycles. The average molecular weight is 395 g/mol. The molecule has 144 valence electrons. The first kappa shape index (κ1) is 17.4. The van der Waals surface area contributed by atoms with Crippen LogP contribution >= 0.6 is 11.3 Å². The lowest BCUT2D eigenvalue weighted by Crippen LogP contribution is -2.49. The zero-order valence-corrected chi connectivity index (χ0v) is 16.2. The Bertz CT molecular complexity index is 1010. The summed E-state index contributed by atoms with van der Waals surface area (Å²) < 4.78 is 6.83. The number of amides is 1. The Morgan fingerprint density at radius 2 is 2.04 bits per heavy atom. The second kappa shape index (κ2) is 7.37. The van der Waals surface area contributed by atoms with Gasteiger partial charge in [-0.15, -0.1) is 11.3 Å². The quantitative estimate of drug-likeness (QED) is 0.717. The number of hydrogen-bond donors (Lipinski definition) is 1. The molecule has 1 amide bonds. The summed E-state index contributed by atoms with van der Waals surface area (Å²) >= 11 is 1.66. The van der Waals surface area contributed by atoms with Gasteiger partial charge in [-0.2, -0.15) is 0 Å². The van der Waals surface area contributed by atoms with E-state index in [9.17, 15) is 4.79 Å². The number of piperazine rings is 1. The van der Waals surface area contributed by atoms with Gasteiger partial charge in [-0.25, -0.2) is 9.97 Å². The van der Waals surface area contributed by atoms with Gasteiger partial charge in [0.25, 0.3) is 5.91 Å². The number of nitrogens with zero attached hydrogens (tertiary/aromatic N) is 4. The summed E-state index contributed by atoms with van der Waals surface area (Å²) in [6.45, 7) is 5.11. The Morgan fingerprint density at radius 1 is 1.14 bits per heavy atom. The number of carbonyl (C=O) groups is 1. The first-order chi connectivity index (χ1) is 13.8. The summed E-state index contributed by atoms with van der Waals surface area (Å²) in [7, 11) is 0. The summed E-state index contributed by atoms with van der Waals surface area (Å²) in [5.74, 6) is 1.92. The van der Waals surface area contributed by atoms with E-state index >= 15 is 0 Å². The Hall–Kier alpha value is -2.71. The van der Waals surface area contributed by atoms with Gasteiger partial charge < -0.3 is 19.9 Å². The highest BCUT2D eigenvalue weighted by Crippen LogP contribution is 2.29. The number of fused-ring (bicyclic) bond motifs is 2. The molecule has 8 heteroatoms. The monoisotopic (exact) mass is 395 g/mol. The minimum atomic E-state index is 0.0793. The van der Waals surface area contributed by atoms with Gasteiger partial charge in [0.1, 0.15) is 24.5 Å². The van der Waals surface area contributed by atoms with Gasteiger partial charge in [0.2, 0.25) is 0 Å². The summed E-state index contributed by atoms with van der Waals surface area (Å²) in [5, 5.41) is 5.36. The van der Waals surface area contributed by atoms with E-state index in [0.717, 1.165) is 59.1 Å². The van der Waals surface area contributed by atoms with Crippen LogP contribution < -0.4 is 15.0 Å². The lowest BCUT2D eigenvalue weighted by atomic mass is 10.1. The second-order valence-electron chi connectivity index (χ2n) is 6.96. The van der Waals surface area contributed by atoms with Gasteiger partial charge in [0, 0.05) is 50.4 Å². The van der Waals surface area contributed by atoms with E-state index in [2.05, 4.69) is 20.2 Å². The van der Waals surface area contributed by atoms with Crippen LogP contribution in [-0.4, -0.2) is 60.1 Å². The van der Waals surface area contributed by atoms with Crippen LogP contribution in [0.5, 0.6) is 5.75 Å². The third-order valence-corrected chi connectivity index (χ3v) is 6.15. The van der Waals surface area contributed by atoms with Crippen LogP contribution in [0.1, 0.15) is 15.9 Å². The maximum atomic E-state index is 13.0. The number of thiophene rings is 1. The molecule has 0 saturated carbocycles. The fraction of sp³-hybridized carbons (Fsp3) is 0.350. The third-order valence-electron chi connectivity index (χ3n) is 5.25. The molecule has 0 aliphatic carbocycles. The molecule has 2 aliphatic rings. The topological polar surface area (TPSA) is 70.6 Å². The summed E-state index contributed by atoms with van der Waals surface area (Å²) in [4.78, 5) is 26.0.